The standard InChI is InChI=1S/C22H23ClFN3O3S/c1-3-30-21(28)6-4-5-9-31-20-11-15-18(12-19(20)29-2)25-13-26-22(15)27-14-7-8-17(24)16(23)10-14/h7-8,10-13H,3-6,9H2,1-2H3,(H,25,26,27). The number of esters is 1. The molecule has 0 aliphatic rings. The lowest BCUT2D eigenvalue weighted by Crippen LogP contribution is -2.03. The Morgan fingerprint density at radius 2 is 2.06 bits per heavy atom. The van der Waals surface area contributed by atoms with E-state index in [1.165, 1.54) is 18.5 Å². The van der Waals surface area contributed by atoms with E-state index in [1.807, 2.05) is 12.1 Å². The van der Waals surface area contributed by atoms with Crippen molar-refractivity contribution in [3.63, 3.8) is 0 Å². The lowest BCUT2D eigenvalue weighted by atomic mass is 10.2. The number of unbranched alkanes of at least 4 members (excludes halogenated alkanes) is 1. The van der Waals surface area contributed by atoms with Crippen LogP contribution in [-0.2, 0) is 9.53 Å². The Morgan fingerprint density at radius 1 is 1.23 bits per heavy atom. The Morgan fingerprint density at radius 3 is 2.81 bits per heavy atom. The smallest absolute Gasteiger partial charge is 0.305 e. The molecule has 1 heterocycles. The number of hydrogen-bond donors (Lipinski definition) is 1. The van der Waals surface area contributed by atoms with Crippen LogP contribution in [-0.4, -0.2) is 35.4 Å². The average Bonchev–Trinajstić information content (AvgIpc) is 2.76. The molecule has 0 fully saturated rings. The molecule has 0 aliphatic carbocycles. The normalized spacial score (nSPS) is 10.8. The third-order valence-electron chi connectivity index (χ3n) is 4.44. The van der Waals surface area contributed by atoms with Gasteiger partial charge in [-0.05, 0) is 49.8 Å². The SMILES string of the molecule is CCOC(=O)CCCCSc1cc2c(Nc3ccc(F)c(Cl)c3)ncnc2cc1OC. The number of thioether (sulfide) groups is 1. The van der Waals surface area contributed by atoms with Crippen molar-refractivity contribution in [2.75, 3.05) is 24.8 Å². The Hall–Kier alpha value is -2.58. The minimum Gasteiger partial charge on any atom is -0.496 e. The van der Waals surface area contributed by atoms with Crippen molar-refractivity contribution < 1.29 is 18.7 Å². The molecule has 1 aromatic heterocycles. The second kappa shape index (κ2) is 11.2. The molecule has 0 unspecified atom stereocenters. The monoisotopic (exact) mass is 463 g/mol. The zero-order valence-electron chi connectivity index (χ0n) is 17.3. The van der Waals surface area contributed by atoms with Gasteiger partial charge in [0.05, 0.1) is 29.2 Å². The van der Waals surface area contributed by atoms with Crippen molar-refractivity contribution in [1.82, 2.24) is 9.97 Å². The van der Waals surface area contributed by atoms with Crippen LogP contribution in [0, 0.1) is 5.82 Å². The van der Waals surface area contributed by atoms with Gasteiger partial charge in [0.2, 0.25) is 0 Å². The zero-order valence-corrected chi connectivity index (χ0v) is 18.9. The second-order valence-corrected chi connectivity index (χ2v) is 8.15. The average molecular weight is 464 g/mol. The Kier molecular flexibility index (Phi) is 8.31. The number of methoxy groups -OCH3 is 1. The highest BCUT2D eigenvalue weighted by molar-refractivity contribution is 7.99. The summed E-state index contributed by atoms with van der Waals surface area (Å²) in [6, 6.07) is 8.23. The minimum atomic E-state index is -0.480. The highest BCUT2D eigenvalue weighted by atomic mass is 35.5. The summed E-state index contributed by atoms with van der Waals surface area (Å²) in [7, 11) is 1.62. The van der Waals surface area contributed by atoms with Crippen LogP contribution in [0.3, 0.4) is 0 Å². The number of anilines is 2. The molecule has 9 heteroatoms. The number of halogens is 2. The first-order valence-corrected chi connectivity index (χ1v) is 11.2. The molecule has 0 saturated heterocycles. The summed E-state index contributed by atoms with van der Waals surface area (Å²) in [5.74, 6) is 1.48. The molecule has 0 atom stereocenters. The lowest BCUT2D eigenvalue weighted by molar-refractivity contribution is -0.143. The number of nitrogens with one attached hydrogen (secondary N) is 1. The van der Waals surface area contributed by atoms with Gasteiger partial charge in [0.15, 0.2) is 0 Å². The number of nitrogens with zero attached hydrogens (tertiary/aromatic N) is 2. The van der Waals surface area contributed by atoms with Crippen molar-refractivity contribution in [2.24, 2.45) is 0 Å². The fourth-order valence-electron chi connectivity index (χ4n) is 2.93. The Labute approximate surface area is 189 Å². The molecule has 1 N–H and O–H groups in total. The van der Waals surface area contributed by atoms with Crippen molar-refractivity contribution in [3.05, 3.63) is 47.5 Å². The van der Waals surface area contributed by atoms with E-state index in [1.54, 1.807) is 31.9 Å². The van der Waals surface area contributed by atoms with E-state index in [0.717, 1.165) is 34.6 Å². The fourth-order valence-corrected chi connectivity index (χ4v) is 4.17. The molecular formula is C22H23ClFN3O3S. The quantitative estimate of drug-likeness (QED) is 0.224. The number of ether oxygens (including phenoxy) is 2. The number of aromatic nitrogens is 2. The Balaban J connectivity index is 1.76. The minimum absolute atomic E-state index is 0.0316. The van der Waals surface area contributed by atoms with E-state index in [2.05, 4.69) is 15.3 Å². The molecule has 31 heavy (non-hydrogen) atoms. The number of carbonyl (C=O) groups excluding carboxylic acids is 1. The number of rotatable bonds is 10. The molecule has 164 valence electrons. The van der Waals surface area contributed by atoms with Crippen LogP contribution < -0.4 is 10.1 Å². The highest BCUT2D eigenvalue weighted by Crippen LogP contribution is 2.36. The van der Waals surface area contributed by atoms with Gasteiger partial charge in [-0.25, -0.2) is 14.4 Å². The van der Waals surface area contributed by atoms with E-state index in [9.17, 15) is 9.18 Å². The molecule has 0 aliphatic heterocycles. The summed E-state index contributed by atoms with van der Waals surface area (Å²) in [5.41, 5.74) is 1.34. The van der Waals surface area contributed by atoms with Crippen LogP contribution in [0.4, 0.5) is 15.9 Å². The molecule has 3 rings (SSSR count). The van der Waals surface area contributed by atoms with Crippen molar-refractivity contribution in [2.45, 2.75) is 31.1 Å². The predicted molar refractivity (Wildman–Crippen MR) is 122 cm³/mol. The van der Waals surface area contributed by atoms with Gasteiger partial charge in [0, 0.05) is 23.6 Å². The first-order valence-electron chi connectivity index (χ1n) is 9.85. The van der Waals surface area contributed by atoms with Crippen LogP contribution in [0.25, 0.3) is 10.9 Å². The maximum absolute atomic E-state index is 13.5. The molecule has 3 aromatic rings. The summed E-state index contributed by atoms with van der Waals surface area (Å²) >= 11 is 7.53. The largest absolute Gasteiger partial charge is 0.496 e. The third-order valence-corrected chi connectivity index (χ3v) is 5.85. The van der Waals surface area contributed by atoms with Gasteiger partial charge < -0.3 is 14.8 Å². The summed E-state index contributed by atoms with van der Waals surface area (Å²) in [6.07, 6.45) is 3.51. The second-order valence-electron chi connectivity index (χ2n) is 6.61. The van der Waals surface area contributed by atoms with E-state index < -0.39 is 5.82 Å². The van der Waals surface area contributed by atoms with E-state index in [-0.39, 0.29) is 11.0 Å². The first kappa shape index (κ1) is 23.1. The van der Waals surface area contributed by atoms with Crippen LogP contribution in [0.2, 0.25) is 5.02 Å². The summed E-state index contributed by atoms with van der Waals surface area (Å²) < 4.78 is 23.9. The molecular weight excluding hydrogens is 441 g/mol. The van der Waals surface area contributed by atoms with Crippen LogP contribution in [0.1, 0.15) is 26.2 Å². The lowest BCUT2D eigenvalue weighted by Gasteiger charge is -2.13. The van der Waals surface area contributed by atoms with Gasteiger partial charge in [0.25, 0.3) is 0 Å². The van der Waals surface area contributed by atoms with Gasteiger partial charge in [-0.2, -0.15) is 0 Å². The van der Waals surface area contributed by atoms with E-state index >= 15 is 0 Å². The summed E-state index contributed by atoms with van der Waals surface area (Å²) in [6.45, 7) is 2.21. The maximum Gasteiger partial charge on any atom is 0.305 e. The Bertz CT molecular complexity index is 1070. The van der Waals surface area contributed by atoms with Gasteiger partial charge >= 0.3 is 5.97 Å². The predicted octanol–water partition coefficient (Wildman–Crippen LogP) is 6.00. The van der Waals surface area contributed by atoms with E-state index in [0.29, 0.717) is 30.0 Å². The molecule has 0 radical (unpaired) electrons. The van der Waals surface area contributed by atoms with Gasteiger partial charge in [-0.15, -0.1) is 11.8 Å². The zero-order chi connectivity index (χ0) is 22.2. The molecule has 0 amide bonds. The third kappa shape index (κ3) is 6.21. The molecule has 0 bridgehead atoms. The summed E-state index contributed by atoms with van der Waals surface area (Å²) in [4.78, 5) is 21.1. The van der Waals surface area contributed by atoms with Crippen molar-refractivity contribution in [1.29, 1.82) is 0 Å². The number of carbonyl (C=O) groups is 1. The van der Waals surface area contributed by atoms with E-state index in [4.69, 9.17) is 21.1 Å². The van der Waals surface area contributed by atoms with Gasteiger partial charge in [0.1, 0.15) is 23.7 Å². The highest BCUT2D eigenvalue weighted by Gasteiger charge is 2.12. The van der Waals surface area contributed by atoms with Gasteiger partial charge in [-0.3, -0.25) is 4.79 Å². The topological polar surface area (TPSA) is 73.3 Å². The number of fused-ring (bicyclic) bond motifs is 1. The summed E-state index contributed by atoms with van der Waals surface area (Å²) in [5, 5.41) is 4.01. The molecule has 6 nitrogen and oxygen atoms in total. The first-order chi connectivity index (χ1) is 15.0. The fraction of sp³-hybridized carbons (Fsp3) is 0.318. The van der Waals surface area contributed by atoms with Crippen LogP contribution in [0.5, 0.6) is 5.75 Å². The molecule has 0 saturated carbocycles. The molecule has 2 aromatic carbocycles. The van der Waals surface area contributed by atoms with Crippen LogP contribution in [0.15, 0.2) is 41.6 Å². The van der Waals surface area contributed by atoms with Gasteiger partial charge in [-0.1, -0.05) is 11.6 Å². The number of benzene rings is 2. The molecule has 0 spiro atoms. The maximum atomic E-state index is 13.5. The van der Waals surface area contributed by atoms with Crippen LogP contribution >= 0.6 is 23.4 Å². The van der Waals surface area contributed by atoms with Crippen molar-refractivity contribution >= 4 is 51.7 Å². The van der Waals surface area contributed by atoms with Crippen molar-refractivity contribution in [3.8, 4) is 5.75 Å². The number of hydrogen-bond acceptors (Lipinski definition) is 7.